The molecule has 1 aliphatic carbocycles. The average Bonchev–Trinajstić information content (AvgIpc) is 3.33. The molecule has 158 valence electrons. The lowest BCUT2D eigenvalue weighted by atomic mass is 9.94. The van der Waals surface area contributed by atoms with Gasteiger partial charge in [-0.25, -0.2) is 13.9 Å². The maximum absolute atomic E-state index is 13.2. The number of thiophene rings is 1. The van der Waals surface area contributed by atoms with E-state index < -0.39 is 5.97 Å². The Morgan fingerprint density at radius 1 is 1.23 bits per heavy atom. The number of aryl methyl sites for hydroxylation is 1. The number of hydrogen-bond donors (Lipinski definition) is 0. The number of rotatable bonds is 5. The topological polar surface area (TPSA) is 64.4 Å². The van der Waals surface area contributed by atoms with Crippen molar-refractivity contribution in [3.63, 3.8) is 0 Å². The van der Waals surface area contributed by atoms with E-state index in [2.05, 4.69) is 5.10 Å². The van der Waals surface area contributed by atoms with E-state index in [1.807, 2.05) is 6.92 Å². The number of carbonyl (C=O) groups is 2. The van der Waals surface area contributed by atoms with E-state index in [1.54, 1.807) is 34.8 Å². The second-order valence-electron chi connectivity index (χ2n) is 7.68. The molecule has 2 aromatic heterocycles. The molecule has 1 fully saturated rings. The van der Waals surface area contributed by atoms with Crippen LogP contribution >= 0.6 is 11.3 Å². The molecule has 1 aromatic carbocycles. The molecule has 0 saturated heterocycles. The first-order valence-electron chi connectivity index (χ1n) is 10.1. The van der Waals surface area contributed by atoms with Crippen LogP contribution in [0.2, 0.25) is 0 Å². The van der Waals surface area contributed by atoms with E-state index in [4.69, 9.17) is 4.74 Å². The average molecular weight is 430 g/mol. The molecule has 0 atom stereocenters. The fraction of sp³-hybridized carbons (Fsp3) is 0.409. The van der Waals surface area contributed by atoms with Gasteiger partial charge in [-0.3, -0.25) is 4.79 Å². The summed E-state index contributed by atoms with van der Waals surface area (Å²) in [4.78, 5) is 27.9. The molecule has 4 rings (SSSR count). The van der Waals surface area contributed by atoms with Gasteiger partial charge in [0.05, 0.1) is 11.4 Å². The van der Waals surface area contributed by atoms with Crippen molar-refractivity contribution in [3.8, 4) is 5.69 Å². The minimum Gasteiger partial charge on any atom is -0.451 e. The summed E-state index contributed by atoms with van der Waals surface area (Å²) in [6, 6.07) is 7.99. The Labute approximate surface area is 178 Å². The van der Waals surface area contributed by atoms with E-state index in [0.29, 0.717) is 10.6 Å². The van der Waals surface area contributed by atoms with Crippen LogP contribution in [0.15, 0.2) is 30.3 Å². The summed E-state index contributed by atoms with van der Waals surface area (Å²) in [7, 11) is 1.78. The summed E-state index contributed by atoms with van der Waals surface area (Å²) < 4.78 is 20.2. The predicted molar refractivity (Wildman–Crippen MR) is 114 cm³/mol. The molecule has 6 nitrogen and oxygen atoms in total. The quantitative estimate of drug-likeness (QED) is 0.561. The van der Waals surface area contributed by atoms with Crippen molar-refractivity contribution in [2.75, 3.05) is 13.7 Å². The van der Waals surface area contributed by atoms with Gasteiger partial charge in [-0.05, 0) is 50.1 Å². The number of fused-ring (bicyclic) bond motifs is 1. The van der Waals surface area contributed by atoms with E-state index in [9.17, 15) is 14.0 Å². The first-order valence-corrected chi connectivity index (χ1v) is 10.9. The van der Waals surface area contributed by atoms with Crippen LogP contribution < -0.4 is 0 Å². The number of hydrogen-bond acceptors (Lipinski definition) is 5. The third-order valence-corrected chi connectivity index (χ3v) is 6.75. The smallest absolute Gasteiger partial charge is 0.348 e. The van der Waals surface area contributed by atoms with Crippen LogP contribution in [-0.4, -0.2) is 46.3 Å². The van der Waals surface area contributed by atoms with Crippen molar-refractivity contribution in [2.45, 2.75) is 45.1 Å². The van der Waals surface area contributed by atoms with Gasteiger partial charge in [0.1, 0.15) is 15.5 Å². The fourth-order valence-electron chi connectivity index (χ4n) is 3.88. The Morgan fingerprint density at radius 2 is 1.93 bits per heavy atom. The number of benzene rings is 1. The number of esters is 1. The maximum atomic E-state index is 13.2. The summed E-state index contributed by atoms with van der Waals surface area (Å²) in [5.74, 6) is -1.02. The van der Waals surface area contributed by atoms with E-state index >= 15 is 0 Å². The van der Waals surface area contributed by atoms with Gasteiger partial charge in [0.25, 0.3) is 5.91 Å². The molecule has 3 aromatic rings. The zero-order valence-corrected chi connectivity index (χ0v) is 17.9. The number of nitrogens with zero attached hydrogens (tertiary/aromatic N) is 3. The van der Waals surface area contributed by atoms with Gasteiger partial charge in [0.15, 0.2) is 6.61 Å². The lowest BCUT2D eigenvalue weighted by molar-refractivity contribution is -0.135. The molecule has 0 spiro atoms. The maximum Gasteiger partial charge on any atom is 0.348 e. The summed E-state index contributed by atoms with van der Waals surface area (Å²) in [5, 5.41) is 5.33. The van der Waals surface area contributed by atoms with Crippen molar-refractivity contribution in [1.82, 2.24) is 14.7 Å². The van der Waals surface area contributed by atoms with Gasteiger partial charge >= 0.3 is 5.97 Å². The predicted octanol–water partition coefficient (Wildman–Crippen LogP) is 4.48. The highest BCUT2D eigenvalue weighted by Crippen LogP contribution is 2.31. The number of amides is 1. The van der Waals surface area contributed by atoms with Crippen LogP contribution in [0.25, 0.3) is 15.9 Å². The van der Waals surface area contributed by atoms with Crippen molar-refractivity contribution >= 4 is 33.4 Å². The Bertz CT molecular complexity index is 1070. The third kappa shape index (κ3) is 4.09. The molecule has 30 heavy (non-hydrogen) atoms. The largest absolute Gasteiger partial charge is 0.451 e. The van der Waals surface area contributed by atoms with Gasteiger partial charge < -0.3 is 9.64 Å². The van der Waals surface area contributed by atoms with E-state index in [1.165, 1.54) is 29.9 Å². The summed E-state index contributed by atoms with van der Waals surface area (Å²) in [6.07, 6.45) is 5.49. The summed E-state index contributed by atoms with van der Waals surface area (Å²) in [5.41, 5.74) is 1.47. The van der Waals surface area contributed by atoms with Crippen LogP contribution in [0.4, 0.5) is 4.39 Å². The van der Waals surface area contributed by atoms with Crippen molar-refractivity contribution in [1.29, 1.82) is 0 Å². The summed E-state index contributed by atoms with van der Waals surface area (Å²) in [6.45, 7) is 1.59. The van der Waals surface area contributed by atoms with Crippen LogP contribution in [0.1, 0.15) is 47.5 Å². The molecule has 0 aliphatic heterocycles. The lowest BCUT2D eigenvalue weighted by Gasteiger charge is -2.31. The number of ether oxygens (including phenoxy) is 1. The van der Waals surface area contributed by atoms with Crippen molar-refractivity contribution in [3.05, 3.63) is 46.7 Å². The van der Waals surface area contributed by atoms with Crippen molar-refractivity contribution in [2.24, 2.45) is 0 Å². The van der Waals surface area contributed by atoms with Gasteiger partial charge in [-0.1, -0.05) is 19.3 Å². The number of aromatic nitrogens is 2. The molecule has 2 heterocycles. The molecule has 0 N–H and O–H groups in total. The van der Waals surface area contributed by atoms with Crippen LogP contribution in [0.3, 0.4) is 0 Å². The first-order chi connectivity index (χ1) is 14.4. The Kier molecular flexibility index (Phi) is 5.85. The molecular weight excluding hydrogens is 405 g/mol. The second kappa shape index (κ2) is 8.55. The molecular formula is C22H24FN3O3S. The lowest BCUT2D eigenvalue weighted by Crippen LogP contribution is -2.40. The number of likely N-dealkylation sites (N-methyl/N-ethyl adjacent to an activating group) is 1. The molecule has 1 aliphatic rings. The molecule has 0 radical (unpaired) electrons. The standard InChI is InChI=1S/C22H24FN3O3S/c1-14-18-12-19(30-21(18)26(24-14)17-10-8-15(23)9-11-17)22(28)29-13-20(27)25(2)16-6-4-3-5-7-16/h8-12,16H,3-7,13H2,1-2H3. The minimum absolute atomic E-state index is 0.176. The van der Waals surface area contributed by atoms with Crippen LogP contribution in [0, 0.1) is 12.7 Å². The van der Waals surface area contributed by atoms with E-state index in [-0.39, 0.29) is 24.4 Å². The number of carbonyl (C=O) groups excluding carboxylic acids is 2. The van der Waals surface area contributed by atoms with Crippen LogP contribution in [-0.2, 0) is 9.53 Å². The van der Waals surface area contributed by atoms with Gasteiger partial charge in [-0.15, -0.1) is 11.3 Å². The SMILES string of the molecule is Cc1nn(-c2ccc(F)cc2)c2sc(C(=O)OCC(=O)N(C)C3CCCCC3)cc12. The monoisotopic (exact) mass is 429 g/mol. The highest BCUT2D eigenvalue weighted by Gasteiger charge is 2.24. The fourth-order valence-corrected chi connectivity index (χ4v) is 4.95. The molecule has 8 heteroatoms. The van der Waals surface area contributed by atoms with Crippen molar-refractivity contribution < 1.29 is 18.7 Å². The second-order valence-corrected chi connectivity index (χ2v) is 8.71. The molecule has 0 bridgehead atoms. The minimum atomic E-state index is -0.522. The molecule has 1 amide bonds. The highest BCUT2D eigenvalue weighted by atomic mass is 32.1. The molecule has 1 saturated carbocycles. The Hall–Kier alpha value is -2.74. The van der Waals surface area contributed by atoms with Gasteiger partial charge in [-0.2, -0.15) is 5.10 Å². The Balaban J connectivity index is 1.46. The van der Waals surface area contributed by atoms with Gasteiger partial charge in [0, 0.05) is 18.5 Å². The van der Waals surface area contributed by atoms with Gasteiger partial charge in [0.2, 0.25) is 0 Å². The zero-order chi connectivity index (χ0) is 21.3. The highest BCUT2D eigenvalue weighted by molar-refractivity contribution is 7.20. The summed E-state index contributed by atoms with van der Waals surface area (Å²) >= 11 is 1.25. The third-order valence-electron chi connectivity index (χ3n) is 5.66. The Morgan fingerprint density at radius 3 is 2.63 bits per heavy atom. The first kappa shape index (κ1) is 20.5. The van der Waals surface area contributed by atoms with Crippen LogP contribution in [0.5, 0.6) is 0 Å². The number of halogens is 1. The normalized spacial score (nSPS) is 14.8. The van der Waals surface area contributed by atoms with E-state index in [0.717, 1.165) is 41.6 Å². The zero-order valence-electron chi connectivity index (χ0n) is 17.1. The molecule has 0 unspecified atom stereocenters.